The second kappa shape index (κ2) is 3.63. The molecule has 0 fully saturated rings. The first-order valence-electron chi connectivity index (χ1n) is 5.40. The van der Waals surface area contributed by atoms with Crippen molar-refractivity contribution in [2.75, 3.05) is 0 Å². The third kappa shape index (κ3) is 2.06. The zero-order chi connectivity index (χ0) is 12.8. The van der Waals surface area contributed by atoms with E-state index in [-0.39, 0.29) is 18.0 Å². The van der Waals surface area contributed by atoms with Crippen molar-refractivity contribution in [2.24, 2.45) is 7.05 Å². The molecule has 2 N–H and O–H groups in total. The third-order valence-corrected chi connectivity index (χ3v) is 2.67. The lowest BCUT2D eigenvalue weighted by Gasteiger charge is -2.17. The van der Waals surface area contributed by atoms with Crippen LogP contribution in [0.2, 0.25) is 0 Å². The van der Waals surface area contributed by atoms with Gasteiger partial charge in [-0.25, -0.2) is 4.79 Å². The SMILES string of the molecule is Cn1c(=O)n(CC(C)(C)O)c2ccc(O)cc21. The lowest BCUT2D eigenvalue weighted by atomic mass is 10.1. The summed E-state index contributed by atoms with van der Waals surface area (Å²) in [6.07, 6.45) is 0. The molecule has 0 saturated carbocycles. The van der Waals surface area contributed by atoms with Gasteiger partial charge in [-0.05, 0) is 26.0 Å². The average Bonchev–Trinajstić information content (AvgIpc) is 2.42. The Balaban J connectivity index is 2.72. The van der Waals surface area contributed by atoms with E-state index in [9.17, 15) is 15.0 Å². The number of imidazole rings is 1. The Morgan fingerprint density at radius 1 is 1.29 bits per heavy atom. The maximum absolute atomic E-state index is 12.0. The topological polar surface area (TPSA) is 67.4 Å². The molecule has 0 bridgehead atoms. The Kier molecular flexibility index (Phi) is 2.50. The maximum atomic E-state index is 12.0. The van der Waals surface area contributed by atoms with Crippen LogP contribution < -0.4 is 5.69 Å². The molecule has 0 amide bonds. The molecule has 0 aliphatic heterocycles. The van der Waals surface area contributed by atoms with Crippen LogP contribution in [0.4, 0.5) is 0 Å². The minimum Gasteiger partial charge on any atom is -0.508 e. The van der Waals surface area contributed by atoms with Crippen LogP contribution in [-0.2, 0) is 13.6 Å². The molecule has 17 heavy (non-hydrogen) atoms. The number of fused-ring (bicyclic) bond motifs is 1. The molecule has 0 spiro atoms. The van der Waals surface area contributed by atoms with Gasteiger partial charge in [0.05, 0.1) is 23.2 Å². The summed E-state index contributed by atoms with van der Waals surface area (Å²) in [6.45, 7) is 3.52. The second-order valence-electron chi connectivity index (χ2n) is 4.91. The Morgan fingerprint density at radius 2 is 1.94 bits per heavy atom. The van der Waals surface area contributed by atoms with Gasteiger partial charge in [0.1, 0.15) is 5.75 Å². The van der Waals surface area contributed by atoms with Crippen molar-refractivity contribution >= 4 is 11.0 Å². The molecule has 1 aromatic heterocycles. The molecular formula is C12H16N2O3. The Hall–Kier alpha value is -1.75. The largest absolute Gasteiger partial charge is 0.508 e. The van der Waals surface area contributed by atoms with E-state index < -0.39 is 5.60 Å². The van der Waals surface area contributed by atoms with Gasteiger partial charge in [-0.3, -0.25) is 9.13 Å². The van der Waals surface area contributed by atoms with E-state index in [1.54, 1.807) is 27.0 Å². The maximum Gasteiger partial charge on any atom is 0.328 e. The molecule has 0 unspecified atom stereocenters. The summed E-state index contributed by atoms with van der Waals surface area (Å²) < 4.78 is 2.97. The molecule has 0 atom stereocenters. The van der Waals surface area contributed by atoms with E-state index in [2.05, 4.69) is 0 Å². The highest BCUT2D eigenvalue weighted by molar-refractivity contribution is 5.77. The van der Waals surface area contributed by atoms with E-state index >= 15 is 0 Å². The first kappa shape index (κ1) is 11.7. The van der Waals surface area contributed by atoms with Crippen molar-refractivity contribution in [2.45, 2.75) is 26.0 Å². The number of hydrogen-bond acceptors (Lipinski definition) is 3. The highest BCUT2D eigenvalue weighted by atomic mass is 16.3. The number of aromatic hydroxyl groups is 1. The number of aromatic nitrogens is 2. The summed E-state index contributed by atoms with van der Waals surface area (Å²) in [4.78, 5) is 12.0. The second-order valence-corrected chi connectivity index (χ2v) is 4.91. The van der Waals surface area contributed by atoms with E-state index in [1.165, 1.54) is 21.3 Å². The van der Waals surface area contributed by atoms with Crippen LogP contribution in [0, 0.1) is 0 Å². The predicted molar refractivity (Wildman–Crippen MR) is 65.1 cm³/mol. The van der Waals surface area contributed by atoms with Crippen LogP contribution in [0.25, 0.3) is 11.0 Å². The number of aryl methyl sites for hydroxylation is 1. The minimum atomic E-state index is -0.962. The summed E-state index contributed by atoms with van der Waals surface area (Å²) in [5.74, 6) is 0.119. The van der Waals surface area contributed by atoms with E-state index in [4.69, 9.17) is 0 Å². The quantitative estimate of drug-likeness (QED) is 0.811. The smallest absolute Gasteiger partial charge is 0.328 e. The van der Waals surface area contributed by atoms with E-state index in [0.29, 0.717) is 11.0 Å². The Morgan fingerprint density at radius 3 is 2.53 bits per heavy atom. The average molecular weight is 236 g/mol. The number of phenols is 1. The molecule has 5 nitrogen and oxygen atoms in total. The first-order chi connectivity index (χ1) is 7.79. The van der Waals surface area contributed by atoms with Crippen LogP contribution >= 0.6 is 0 Å². The number of benzene rings is 1. The van der Waals surface area contributed by atoms with Gasteiger partial charge in [-0.1, -0.05) is 0 Å². The van der Waals surface area contributed by atoms with Crippen LogP contribution in [0.5, 0.6) is 5.75 Å². The molecule has 0 radical (unpaired) electrons. The lowest BCUT2D eigenvalue weighted by molar-refractivity contribution is 0.0616. The van der Waals surface area contributed by atoms with Crippen LogP contribution in [0.1, 0.15) is 13.8 Å². The van der Waals surface area contributed by atoms with E-state index in [0.717, 1.165) is 0 Å². The van der Waals surface area contributed by atoms with Crippen LogP contribution in [0.3, 0.4) is 0 Å². The molecule has 0 aliphatic rings. The summed E-state index contributed by atoms with van der Waals surface area (Å²) in [6, 6.07) is 4.75. The van der Waals surface area contributed by atoms with Crippen molar-refractivity contribution in [1.82, 2.24) is 9.13 Å². The van der Waals surface area contributed by atoms with E-state index in [1.807, 2.05) is 0 Å². The Labute approximate surface area is 98.5 Å². The van der Waals surface area contributed by atoms with Crippen molar-refractivity contribution < 1.29 is 10.2 Å². The van der Waals surface area contributed by atoms with Crippen molar-refractivity contribution in [3.8, 4) is 5.75 Å². The number of hydrogen-bond donors (Lipinski definition) is 2. The monoisotopic (exact) mass is 236 g/mol. The first-order valence-corrected chi connectivity index (χ1v) is 5.40. The molecule has 2 aromatic rings. The number of nitrogens with zero attached hydrogens (tertiary/aromatic N) is 2. The zero-order valence-corrected chi connectivity index (χ0v) is 10.1. The predicted octanol–water partition coefficient (Wildman–Crippen LogP) is 0.816. The van der Waals surface area contributed by atoms with Gasteiger partial charge in [-0.15, -0.1) is 0 Å². The molecule has 2 rings (SSSR count). The molecule has 92 valence electrons. The van der Waals surface area contributed by atoms with Gasteiger partial charge in [0.25, 0.3) is 0 Å². The molecule has 0 aliphatic carbocycles. The fourth-order valence-electron chi connectivity index (χ4n) is 1.94. The summed E-state index contributed by atoms with van der Waals surface area (Å²) in [5.41, 5.74) is 0.195. The Bertz CT molecular complexity index is 617. The van der Waals surface area contributed by atoms with Gasteiger partial charge in [0.2, 0.25) is 0 Å². The molecule has 1 aromatic carbocycles. The van der Waals surface area contributed by atoms with Gasteiger partial charge in [-0.2, -0.15) is 0 Å². The van der Waals surface area contributed by atoms with Crippen molar-refractivity contribution in [1.29, 1.82) is 0 Å². The van der Waals surface area contributed by atoms with Gasteiger partial charge < -0.3 is 10.2 Å². The molecule has 1 heterocycles. The normalized spacial score (nSPS) is 12.2. The highest BCUT2D eigenvalue weighted by Crippen LogP contribution is 2.19. The lowest BCUT2D eigenvalue weighted by Crippen LogP contribution is -2.33. The standard InChI is InChI=1S/C12H16N2O3/c1-12(2,17)7-14-9-5-4-8(15)6-10(9)13(3)11(14)16/h4-6,15,17H,7H2,1-3H3. The fraction of sp³-hybridized carbons (Fsp3) is 0.417. The third-order valence-electron chi connectivity index (χ3n) is 2.67. The van der Waals surface area contributed by atoms with Crippen molar-refractivity contribution in [3.05, 3.63) is 28.7 Å². The zero-order valence-electron chi connectivity index (χ0n) is 10.1. The van der Waals surface area contributed by atoms with Gasteiger partial charge >= 0.3 is 5.69 Å². The summed E-state index contributed by atoms with van der Waals surface area (Å²) in [7, 11) is 1.64. The fourth-order valence-corrected chi connectivity index (χ4v) is 1.94. The summed E-state index contributed by atoms with van der Waals surface area (Å²) >= 11 is 0. The molecule has 0 saturated heterocycles. The van der Waals surface area contributed by atoms with Crippen LogP contribution in [-0.4, -0.2) is 24.9 Å². The molecular weight excluding hydrogens is 220 g/mol. The van der Waals surface area contributed by atoms with Gasteiger partial charge in [0, 0.05) is 13.1 Å². The summed E-state index contributed by atoms with van der Waals surface area (Å²) in [5, 5.41) is 19.2. The minimum absolute atomic E-state index is 0.119. The van der Waals surface area contributed by atoms with Crippen molar-refractivity contribution in [3.63, 3.8) is 0 Å². The number of phenolic OH excluding ortho intramolecular Hbond substituents is 1. The molecule has 5 heteroatoms. The number of rotatable bonds is 2. The van der Waals surface area contributed by atoms with Gasteiger partial charge in [0.15, 0.2) is 0 Å². The number of aliphatic hydroxyl groups is 1. The van der Waals surface area contributed by atoms with Crippen LogP contribution in [0.15, 0.2) is 23.0 Å². The highest BCUT2D eigenvalue weighted by Gasteiger charge is 2.19.